The zero-order valence-electron chi connectivity index (χ0n) is 12.1. The monoisotopic (exact) mass is 347 g/mol. The van der Waals surface area contributed by atoms with E-state index in [0.29, 0.717) is 11.6 Å². The molecule has 21 heavy (non-hydrogen) atoms. The number of carbonyl (C=O) groups excluding carboxylic acids is 1. The molecule has 4 heteroatoms. The van der Waals surface area contributed by atoms with Crippen molar-refractivity contribution in [3.63, 3.8) is 0 Å². The quantitative estimate of drug-likeness (QED) is 0.820. The molecular formula is C17H18BrNO2. The number of methoxy groups -OCH3 is 1. The van der Waals surface area contributed by atoms with Crippen LogP contribution in [0.15, 0.2) is 53.0 Å². The maximum atomic E-state index is 11.4. The van der Waals surface area contributed by atoms with Gasteiger partial charge in [0.25, 0.3) is 0 Å². The van der Waals surface area contributed by atoms with Crippen molar-refractivity contribution in [2.24, 2.45) is 0 Å². The highest BCUT2D eigenvalue weighted by Crippen LogP contribution is 2.15. The van der Waals surface area contributed by atoms with Crippen LogP contribution in [0.2, 0.25) is 0 Å². The Morgan fingerprint density at radius 2 is 1.76 bits per heavy atom. The van der Waals surface area contributed by atoms with Crippen LogP contribution in [0.4, 0.5) is 5.69 Å². The van der Waals surface area contributed by atoms with E-state index in [1.807, 2.05) is 24.3 Å². The molecule has 0 spiro atoms. The van der Waals surface area contributed by atoms with Crippen LogP contribution < -0.4 is 5.32 Å². The fraction of sp³-hybridized carbons (Fsp3) is 0.235. The Morgan fingerprint density at radius 1 is 1.14 bits per heavy atom. The molecule has 0 fully saturated rings. The van der Waals surface area contributed by atoms with Gasteiger partial charge in [-0.3, -0.25) is 0 Å². The van der Waals surface area contributed by atoms with Gasteiger partial charge >= 0.3 is 5.97 Å². The highest BCUT2D eigenvalue weighted by Gasteiger charge is 2.06. The first-order chi connectivity index (χ1) is 10.1. The lowest BCUT2D eigenvalue weighted by atomic mass is 10.1. The van der Waals surface area contributed by atoms with Gasteiger partial charge in [0.15, 0.2) is 0 Å². The van der Waals surface area contributed by atoms with Gasteiger partial charge in [0, 0.05) is 16.2 Å². The first-order valence-electron chi connectivity index (χ1n) is 6.78. The summed E-state index contributed by atoms with van der Waals surface area (Å²) in [7, 11) is 1.38. The van der Waals surface area contributed by atoms with Crippen LogP contribution in [0.1, 0.15) is 22.8 Å². The van der Waals surface area contributed by atoms with Crippen LogP contribution >= 0.6 is 15.9 Å². The van der Waals surface area contributed by atoms with E-state index in [2.05, 4.69) is 45.0 Å². The van der Waals surface area contributed by atoms with E-state index in [0.717, 1.165) is 16.6 Å². The van der Waals surface area contributed by atoms with Crippen molar-refractivity contribution < 1.29 is 9.53 Å². The van der Waals surface area contributed by atoms with Crippen LogP contribution in [0, 0.1) is 0 Å². The maximum Gasteiger partial charge on any atom is 0.337 e. The number of benzene rings is 2. The first-order valence-corrected chi connectivity index (χ1v) is 7.57. The molecule has 0 saturated heterocycles. The van der Waals surface area contributed by atoms with E-state index < -0.39 is 0 Å². The summed E-state index contributed by atoms with van der Waals surface area (Å²) in [5.74, 6) is -0.315. The average Bonchev–Trinajstić information content (AvgIpc) is 2.49. The average molecular weight is 348 g/mol. The number of nitrogens with one attached hydrogen (secondary N) is 1. The number of halogens is 1. The SMILES string of the molecule is COC(=O)c1ccc(NC(C)Cc2ccc(Br)cc2)cc1. The number of anilines is 1. The minimum absolute atomic E-state index is 0.301. The summed E-state index contributed by atoms with van der Waals surface area (Å²) in [6.07, 6.45) is 0.937. The predicted octanol–water partition coefficient (Wildman–Crippen LogP) is 4.28. The molecule has 1 atom stereocenters. The van der Waals surface area contributed by atoms with Crippen molar-refractivity contribution in [2.45, 2.75) is 19.4 Å². The third-order valence-corrected chi connectivity index (χ3v) is 3.70. The highest BCUT2D eigenvalue weighted by molar-refractivity contribution is 9.10. The third kappa shape index (κ3) is 4.60. The summed E-state index contributed by atoms with van der Waals surface area (Å²) in [5, 5.41) is 3.43. The lowest BCUT2D eigenvalue weighted by molar-refractivity contribution is 0.0601. The Kier molecular flexibility index (Phi) is 5.39. The number of rotatable bonds is 5. The second-order valence-corrected chi connectivity index (χ2v) is 5.86. The smallest absolute Gasteiger partial charge is 0.337 e. The predicted molar refractivity (Wildman–Crippen MR) is 88.7 cm³/mol. The van der Waals surface area contributed by atoms with Gasteiger partial charge in [0.1, 0.15) is 0 Å². The molecule has 0 bridgehead atoms. The van der Waals surface area contributed by atoms with Crippen molar-refractivity contribution in [1.29, 1.82) is 0 Å². The molecule has 1 N–H and O–H groups in total. The lowest BCUT2D eigenvalue weighted by Crippen LogP contribution is -2.18. The summed E-state index contributed by atoms with van der Waals surface area (Å²) < 4.78 is 5.77. The summed E-state index contributed by atoms with van der Waals surface area (Å²) >= 11 is 3.44. The van der Waals surface area contributed by atoms with E-state index in [-0.39, 0.29) is 5.97 Å². The van der Waals surface area contributed by atoms with Crippen molar-refractivity contribution in [3.05, 3.63) is 64.1 Å². The third-order valence-electron chi connectivity index (χ3n) is 3.17. The molecule has 0 aliphatic heterocycles. The first kappa shape index (κ1) is 15.6. The fourth-order valence-corrected chi connectivity index (χ4v) is 2.39. The molecule has 0 aliphatic carbocycles. The number of hydrogen-bond acceptors (Lipinski definition) is 3. The van der Waals surface area contributed by atoms with Crippen molar-refractivity contribution >= 4 is 27.6 Å². The highest BCUT2D eigenvalue weighted by atomic mass is 79.9. The van der Waals surface area contributed by atoms with E-state index in [4.69, 9.17) is 0 Å². The lowest BCUT2D eigenvalue weighted by Gasteiger charge is -2.15. The Bertz CT molecular complexity index is 593. The molecule has 0 saturated carbocycles. The van der Waals surface area contributed by atoms with E-state index >= 15 is 0 Å². The van der Waals surface area contributed by atoms with Crippen molar-refractivity contribution in [3.8, 4) is 0 Å². The fourth-order valence-electron chi connectivity index (χ4n) is 2.13. The topological polar surface area (TPSA) is 38.3 Å². The van der Waals surface area contributed by atoms with Crippen molar-refractivity contribution in [1.82, 2.24) is 0 Å². The van der Waals surface area contributed by atoms with E-state index in [1.54, 1.807) is 12.1 Å². The largest absolute Gasteiger partial charge is 0.465 e. The summed E-state index contributed by atoms with van der Waals surface area (Å²) in [6, 6.07) is 15.9. The molecule has 3 nitrogen and oxygen atoms in total. The summed E-state index contributed by atoms with van der Waals surface area (Å²) in [6.45, 7) is 2.14. The van der Waals surface area contributed by atoms with Gasteiger partial charge in [-0.1, -0.05) is 28.1 Å². The molecule has 0 amide bonds. The number of hydrogen-bond donors (Lipinski definition) is 1. The zero-order valence-corrected chi connectivity index (χ0v) is 13.7. The second-order valence-electron chi connectivity index (χ2n) is 4.94. The Labute approximate surface area is 133 Å². The second kappa shape index (κ2) is 7.27. The molecule has 110 valence electrons. The van der Waals surface area contributed by atoms with Gasteiger partial charge in [-0.2, -0.15) is 0 Å². The zero-order chi connectivity index (χ0) is 15.2. The van der Waals surface area contributed by atoms with E-state index in [1.165, 1.54) is 12.7 Å². The van der Waals surface area contributed by atoms with Gasteiger partial charge in [-0.25, -0.2) is 4.79 Å². The number of ether oxygens (including phenoxy) is 1. The van der Waals surface area contributed by atoms with E-state index in [9.17, 15) is 4.79 Å². The van der Waals surface area contributed by atoms with Gasteiger partial charge in [-0.15, -0.1) is 0 Å². The maximum absolute atomic E-state index is 11.4. The van der Waals surface area contributed by atoms with Crippen LogP contribution in [-0.2, 0) is 11.2 Å². The minimum Gasteiger partial charge on any atom is -0.465 e. The molecule has 0 aromatic heterocycles. The number of carbonyl (C=O) groups is 1. The van der Waals surface area contributed by atoms with Crippen LogP contribution in [0.3, 0.4) is 0 Å². The van der Waals surface area contributed by atoms with Crippen molar-refractivity contribution in [2.75, 3.05) is 12.4 Å². The normalized spacial score (nSPS) is 11.8. The Balaban J connectivity index is 1.94. The molecular weight excluding hydrogens is 330 g/mol. The van der Waals surface area contributed by atoms with Crippen LogP contribution in [-0.4, -0.2) is 19.1 Å². The molecule has 2 rings (SSSR count). The Morgan fingerprint density at radius 3 is 2.33 bits per heavy atom. The minimum atomic E-state index is -0.315. The van der Waals surface area contributed by atoms with Gasteiger partial charge in [0.05, 0.1) is 12.7 Å². The van der Waals surface area contributed by atoms with Gasteiger partial charge in [0.2, 0.25) is 0 Å². The molecule has 0 aliphatic rings. The molecule has 1 unspecified atom stereocenters. The molecule has 0 radical (unpaired) electrons. The van der Waals surface area contributed by atoms with Crippen LogP contribution in [0.25, 0.3) is 0 Å². The summed E-state index contributed by atoms with van der Waals surface area (Å²) in [5.41, 5.74) is 2.83. The van der Waals surface area contributed by atoms with Crippen LogP contribution in [0.5, 0.6) is 0 Å². The number of esters is 1. The van der Waals surface area contributed by atoms with Gasteiger partial charge < -0.3 is 10.1 Å². The van der Waals surface area contributed by atoms with Gasteiger partial charge in [-0.05, 0) is 55.3 Å². The Hall–Kier alpha value is -1.81. The summed E-state index contributed by atoms with van der Waals surface area (Å²) in [4.78, 5) is 11.4. The molecule has 2 aromatic carbocycles. The molecule has 2 aromatic rings. The standard InChI is InChI=1S/C17H18BrNO2/c1-12(11-13-3-7-15(18)8-4-13)19-16-9-5-14(6-10-16)17(20)21-2/h3-10,12,19H,11H2,1-2H3. The molecule has 0 heterocycles.